The van der Waals surface area contributed by atoms with Gasteiger partial charge in [0.25, 0.3) is 5.91 Å². The minimum atomic E-state index is -0.395. The number of nitrogens with zero attached hydrogens (tertiary/aromatic N) is 1. The standard InChI is InChI=1S/C22H23NO5/c1-3-27-22(26)11-9-19(24)17-8-10-20-18(12-17)23(21(25)14-28-20)13-16-6-4-15(2)5-7-16/h4-8,10,12H,3,9,11,13-14H2,1-2H3. The number of hydrogen-bond acceptors (Lipinski definition) is 5. The molecular weight excluding hydrogens is 358 g/mol. The predicted molar refractivity (Wildman–Crippen MR) is 105 cm³/mol. The van der Waals surface area contributed by atoms with Crippen LogP contribution in [-0.2, 0) is 20.9 Å². The maximum absolute atomic E-state index is 12.5. The van der Waals surface area contributed by atoms with Crippen LogP contribution < -0.4 is 9.64 Å². The number of ether oxygens (including phenoxy) is 2. The van der Waals surface area contributed by atoms with Gasteiger partial charge < -0.3 is 14.4 Å². The van der Waals surface area contributed by atoms with Crippen molar-refractivity contribution in [2.24, 2.45) is 0 Å². The van der Waals surface area contributed by atoms with Gasteiger partial charge in [-0.1, -0.05) is 29.8 Å². The maximum Gasteiger partial charge on any atom is 0.306 e. The van der Waals surface area contributed by atoms with Gasteiger partial charge in [-0.25, -0.2) is 0 Å². The minimum absolute atomic E-state index is 0.0327. The molecule has 0 radical (unpaired) electrons. The third-order valence-electron chi connectivity index (χ3n) is 4.55. The second kappa shape index (κ2) is 8.69. The molecule has 0 atom stereocenters. The second-order valence-electron chi connectivity index (χ2n) is 6.66. The number of hydrogen-bond donors (Lipinski definition) is 0. The first-order valence-electron chi connectivity index (χ1n) is 9.29. The van der Waals surface area contributed by atoms with Gasteiger partial charge in [-0.2, -0.15) is 0 Å². The number of esters is 1. The molecule has 146 valence electrons. The SMILES string of the molecule is CCOC(=O)CCC(=O)c1ccc2c(c1)N(Cc1ccc(C)cc1)C(=O)CO2. The number of ketones is 1. The van der Waals surface area contributed by atoms with Crippen LogP contribution in [0.15, 0.2) is 42.5 Å². The van der Waals surface area contributed by atoms with E-state index in [9.17, 15) is 14.4 Å². The Labute approximate surface area is 164 Å². The quantitative estimate of drug-likeness (QED) is 0.543. The van der Waals surface area contributed by atoms with Crippen molar-refractivity contribution in [1.29, 1.82) is 0 Å². The fourth-order valence-electron chi connectivity index (χ4n) is 3.02. The van der Waals surface area contributed by atoms with Crippen molar-refractivity contribution in [3.63, 3.8) is 0 Å². The fraction of sp³-hybridized carbons (Fsp3) is 0.318. The smallest absolute Gasteiger partial charge is 0.306 e. The molecule has 0 aromatic heterocycles. The molecule has 3 rings (SSSR count). The summed E-state index contributed by atoms with van der Waals surface area (Å²) in [5, 5.41) is 0. The predicted octanol–water partition coefficient (Wildman–Crippen LogP) is 3.45. The van der Waals surface area contributed by atoms with Crippen LogP contribution in [0, 0.1) is 6.92 Å². The first-order valence-corrected chi connectivity index (χ1v) is 9.29. The molecular formula is C22H23NO5. The Balaban J connectivity index is 1.80. The molecule has 0 bridgehead atoms. The van der Waals surface area contributed by atoms with E-state index >= 15 is 0 Å². The molecule has 28 heavy (non-hydrogen) atoms. The Kier molecular flexibility index (Phi) is 6.09. The van der Waals surface area contributed by atoms with Gasteiger partial charge in [0.05, 0.1) is 25.3 Å². The zero-order valence-corrected chi connectivity index (χ0v) is 16.1. The summed E-state index contributed by atoms with van der Waals surface area (Å²) in [6.07, 6.45) is 0.0939. The highest BCUT2D eigenvalue weighted by molar-refractivity contribution is 6.02. The molecule has 1 aliphatic rings. The summed E-state index contributed by atoms with van der Waals surface area (Å²) < 4.78 is 10.4. The number of fused-ring (bicyclic) bond motifs is 1. The Morgan fingerprint density at radius 1 is 1.11 bits per heavy atom. The molecule has 0 spiro atoms. The van der Waals surface area contributed by atoms with Crippen LogP contribution in [0.4, 0.5) is 5.69 Å². The maximum atomic E-state index is 12.5. The summed E-state index contributed by atoms with van der Waals surface area (Å²) in [6, 6.07) is 13.0. The lowest BCUT2D eigenvalue weighted by Gasteiger charge is -2.30. The number of carbonyl (C=O) groups excluding carboxylic acids is 3. The van der Waals surface area contributed by atoms with Gasteiger partial charge in [0.1, 0.15) is 5.75 Å². The van der Waals surface area contributed by atoms with Gasteiger partial charge in [0.15, 0.2) is 12.4 Å². The van der Waals surface area contributed by atoms with Crippen molar-refractivity contribution < 1.29 is 23.9 Å². The van der Waals surface area contributed by atoms with E-state index in [-0.39, 0.29) is 31.1 Å². The molecule has 0 saturated heterocycles. The molecule has 0 saturated carbocycles. The average Bonchev–Trinajstić information content (AvgIpc) is 2.69. The molecule has 6 nitrogen and oxygen atoms in total. The lowest BCUT2D eigenvalue weighted by molar-refractivity contribution is -0.143. The van der Waals surface area contributed by atoms with Crippen LogP contribution in [0.5, 0.6) is 5.75 Å². The van der Waals surface area contributed by atoms with Crippen molar-refractivity contribution >= 4 is 23.3 Å². The van der Waals surface area contributed by atoms with Crippen LogP contribution >= 0.6 is 0 Å². The molecule has 0 aliphatic carbocycles. The molecule has 0 N–H and O–H groups in total. The van der Waals surface area contributed by atoms with E-state index in [1.807, 2.05) is 31.2 Å². The zero-order valence-electron chi connectivity index (χ0n) is 16.1. The summed E-state index contributed by atoms with van der Waals surface area (Å²) in [4.78, 5) is 38.0. The molecule has 2 aromatic carbocycles. The third kappa shape index (κ3) is 4.57. The second-order valence-corrected chi connectivity index (χ2v) is 6.66. The summed E-state index contributed by atoms with van der Waals surface area (Å²) in [5.41, 5.74) is 3.15. The number of rotatable bonds is 7. The van der Waals surface area contributed by atoms with Gasteiger partial charge in [-0.3, -0.25) is 14.4 Å². The van der Waals surface area contributed by atoms with Crippen LogP contribution in [0.25, 0.3) is 0 Å². The van der Waals surface area contributed by atoms with Crippen molar-refractivity contribution in [3.8, 4) is 5.75 Å². The first-order chi connectivity index (χ1) is 13.5. The van der Waals surface area contributed by atoms with E-state index in [0.29, 0.717) is 30.2 Å². The van der Waals surface area contributed by atoms with Gasteiger partial charge in [-0.15, -0.1) is 0 Å². The topological polar surface area (TPSA) is 72.9 Å². The zero-order chi connectivity index (χ0) is 20.1. The molecule has 1 heterocycles. The Bertz CT molecular complexity index is 888. The molecule has 2 aromatic rings. The number of amides is 1. The molecule has 1 amide bonds. The van der Waals surface area contributed by atoms with E-state index in [4.69, 9.17) is 9.47 Å². The number of benzene rings is 2. The monoisotopic (exact) mass is 381 g/mol. The Morgan fingerprint density at radius 3 is 2.57 bits per heavy atom. The summed E-state index contributed by atoms with van der Waals surface area (Å²) in [6.45, 7) is 4.39. The van der Waals surface area contributed by atoms with Crippen LogP contribution in [0.1, 0.15) is 41.3 Å². The normalized spacial score (nSPS) is 12.9. The summed E-state index contributed by atoms with van der Waals surface area (Å²) in [5.74, 6) is -0.171. The van der Waals surface area contributed by atoms with Crippen molar-refractivity contribution in [1.82, 2.24) is 0 Å². The Hall–Kier alpha value is -3.15. The highest BCUT2D eigenvalue weighted by Crippen LogP contribution is 2.34. The van der Waals surface area contributed by atoms with E-state index in [2.05, 4.69) is 0 Å². The van der Waals surface area contributed by atoms with Crippen molar-refractivity contribution in [3.05, 3.63) is 59.2 Å². The lowest BCUT2D eigenvalue weighted by atomic mass is 10.0. The van der Waals surface area contributed by atoms with Crippen LogP contribution in [0.2, 0.25) is 0 Å². The van der Waals surface area contributed by atoms with Gasteiger partial charge in [0.2, 0.25) is 0 Å². The largest absolute Gasteiger partial charge is 0.482 e. The first kappa shape index (κ1) is 19.6. The minimum Gasteiger partial charge on any atom is -0.482 e. The van der Waals surface area contributed by atoms with Crippen molar-refractivity contribution in [2.75, 3.05) is 18.1 Å². The number of carbonyl (C=O) groups is 3. The molecule has 0 fully saturated rings. The van der Waals surface area contributed by atoms with E-state index < -0.39 is 5.97 Å². The van der Waals surface area contributed by atoms with Gasteiger partial charge >= 0.3 is 5.97 Å². The highest BCUT2D eigenvalue weighted by Gasteiger charge is 2.26. The summed E-state index contributed by atoms with van der Waals surface area (Å²) >= 11 is 0. The summed E-state index contributed by atoms with van der Waals surface area (Å²) in [7, 11) is 0. The van der Waals surface area contributed by atoms with Crippen molar-refractivity contribution in [2.45, 2.75) is 33.2 Å². The van der Waals surface area contributed by atoms with Crippen LogP contribution in [-0.4, -0.2) is 30.9 Å². The number of Topliss-reactive ketones (excluding diaryl/α,β-unsaturated/α-hetero) is 1. The van der Waals surface area contributed by atoms with E-state index in [1.165, 1.54) is 0 Å². The van der Waals surface area contributed by atoms with Gasteiger partial charge in [-0.05, 0) is 37.6 Å². The average molecular weight is 381 g/mol. The van der Waals surface area contributed by atoms with E-state index in [1.54, 1.807) is 30.0 Å². The van der Waals surface area contributed by atoms with E-state index in [0.717, 1.165) is 11.1 Å². The molecule has 6 heteroatoms. The molecule has 1 aliphatic heterocycles. The number of aryl methyl sites for hydroxylation is 1. The number of anilines is 1. The fourth-order valence-corrected chi connectivity index (χ4v) is 3.02. The lowest BCUT2D eigenvalue weighted by Crippen LogP contribution is -2.38. The van der Waals surface area contributed by atoms with Crippen LogP contribution in [0.3, 0.4) is 0 Å². The Morgan fingerprint density at radius 2 is 1.86 bits per heavy atom. The highest BCUT2D eigenvalue weighted by atomic mass is 16.5. The third-order valence-corrected chi connectivity index (χ3v) is 4.55. The van der Waals surface area contributed by atoms with Gasteiger partial charge in [0, 0.05) is 12.0 Å². The molecule has 0 unspecified atom stereocenters.